The second-order valence-electron chi connectivity index (χ2n) is 7.37. The van der Waals surface area contributed by atoms with Gasteiger partial charge in [0.15, 0.2) is 11.5 Å². The number of rotatable bonds is 9. The molecule has 0 bridgehead atoms. The van der Waals surface area contributed by atoms with Crippen molar-refractivity contribution in [1.82, 2.24) is 15.1 Å². The van der Waals surface area contributed by atoms with Crippen LogP contribution < -0.4 is 19.5 Å². The molecule has 1 aliphatic rings. The van der Waals surface area contributed by atoms with Crippen LogP contribution in [0.15, 0.2) is 42.5 Å². The molecule has 0 aromatic heterocycles. The number of carbonyl (C=O) groups is 1. The van der Waals surface area contributed by atoms with Crippen LogP contribution in [0.3, 0.4) is 0 Å². The molecule has 1 fully saturated rings. The molecule has 1 heterocycles. The van der Waals surface area contributed by atoms with E-state index in [4.69, 9.17) is 14.2 Å². The predicted octanol–water partition coefficient (Wildman–Crippen LogP) is 2.15. The second kappa shape index (κ2) is 10.8. The third-order valence-electron chi connectivity index (χ3n) is 5.31. The third kappa shape index (κ3) is 6.11. The monoisotopic (exact) mass is 413 g/mol. The predicted molar refractivity (Wildman–Crippen MR) is 116 cm³/mol. The molecule has 0 aliphatic carbocycles. The molecule has 0 unspecified atom stereocenters. The molecule has 1 N–H and O–H groups in total. The van der Waals surface area contributed by atoms with Crippen molar-refractivity contribution in [3.63, 3.8) is 0 Å². The molecule has 7 heteroatoms. The van der Waals surface area contributed by atoms with Gasteiger partial charge in [-0.2, -0.15) is 0 Å². The Bertz CT molecular complexity index is 835. The average molecular weight is 414 g/mol. The van der Waals surface area contributed by atoms with Crippen LogP contribution in [0.4, 0.5) is 0 Å². The standard InChI is InChI=1S/C23H31N3O4/c1-28-20-6-4-5-18(13-20)15-24-23(27)17-26-11-9-25(10-12-26)16-19-7-8-21(29-2)22(14-19)30-3/h4-8,13-14H,9-12,15-17H2,1-3H3,(H,24,27). The Morgan fingerprint density at radius 2 is 1.60 bits per heavy atom. The summed E-state index contributed by atoms with van der Waals surface area (Å²) in [6.45, 7) is 5.40. The summed E-state index contributed by atoms with van der Waals surface area (Å²) < 4.78 is 15.9. The van der Waals surface area contributed by atoms with Crippen LogP contribution in [0, 0.1) is 0 Å². The summed E-state index contributed by atoms with van der Waals surface area (Å²) in [5.41, 5.74) is 2.22. The van der Waals surface area contributed by atoms with Gasteiger partial charge >= 0.3 is 0 Å². The molecule has 1 saturated heterocycles. The van der Waals surface area contributed by atoms with Crippen LogP contribution in [0.5, 0.6) is 17.2 Å². The molecule has 3 rings (SSSR count). The summed E-state index contributed by atoms with van der Waals surface area (Å²) in [4.78, 5) is 16.9. The van der Waals surface area contributed by atoms with E-state index < -0.39 is 0 Å². The average Bonchev–Trinajstić information content (AvgIpc) is 2.79. The van der Waals surface area contributed by atoms with Gasteiger partial charge in [-0.25, -0.2) is 0 Å². The first kappa shape index (κ1) is 21.9. The highest BCUT2D eigenvalue weighted by atomic mass is 16.5. The number of nitrogens with zero attached hydrogens (tertiary/aromatic N) is 2. The number of hydrogen-bond donors (Lipinski definition) is 1. The molecular weight excluding hydrogens is 382 g/mol. The lowest BCUT2D eigenvalue weighted by Crippen LogP contribution is -2.49. The van der Waals surface area contributed by atoms with Crippen LogP contribution in [-0.2, 0) is 17.9 Å². The first-order valence-electron chi connectivity index (χ1n) is 10.2. The second-order valence-corrected chi connectivity index (χ2v) is 7.37. The van der Waals surface area contributed by atoms with Gasteiger partial charge in [0.05, 0.1) is 27.9 Å². The maximum Gasteiger partial charge on any atom is 0.234 e. The Hall–Kier alpha value is -2.77. The Morgan fingerprint density at radius 1 is 0.867 bits per heavy atom. The van der Waals surface area contributed by atoms with Crippen molar-refractivity contribution in [2.45, 2.75) is 13.1 Å². The third-order valence-corrected chi connectivity index (χ3v) is 5.31. The summed E-state index contributed by atoms with van der Waals surface area (Å²) >= 11 is 0. The Balaban J connectivity index is 1.41. The molecule has 0 saturated carbocycles. The fourth-order valence-electron chi connectivity index (χ4n) is 3.58. The van der Waals surface area contributed by atoms with E-state index in [0.29, 0.717) is 13.1 Å². The van der Waals surface area contributed by atoms with Gasteiger partial charge in [0, 0.05) is 39.3 Å². The van der Waals surface area contributed by atoms with Gasteiger partial charge < -0.3 is 19.5 Å². The minimum absolute atomic E-state index is 0.0474. The van der Waals surface area contributed by atoms with Gasteiger partial charge in [0.1, 0.15) is 5.75 Å². The van der Waals surface area contributed by atoms with Gasteiger partial charge in [-0.3, -0.25) is 14.6 Å². The normalized spacial score (nSPS) is 14.9. The van der Waals surface area contributed by atoms with E-state index >= 15 is 0 Å². The molecule has 1 amide bonds. The van der Waals surface area contributed by atoms with Crippen LogP contribution >= 0.6 is 0 Å². The zero-order valence-corrected chi connectivity index (χ0v) is 18.0. The van der Waals surface area contributed by atoms with E-state index in [1.54, 1.807) is 21.3 Å². The van der Waals surface area contributed by atoms with Crippen LogP contribution in [0.25, 0.3) is 0 Å². The number of amides is 1. The number of carbonyl (C=O) groups excluding carboxylic acids is 1. The van der Waals surface area contributed by atoms with E-state index in [2.05, 4.69) is 21.2 Å². The molecule has 1 aliphatic heterocycles. The summed E-state index contributed by atoms with van der Waals surface area (Å²) in [6, 6.07) is 13.8. The molecule has 2 aromatic carbocycles. The van der Waals surface area contributed by atoms with E-state index in [-0.39, 0.29) is 5.91 Å². The fraction of sp³-hybridized carbons (Fsp3) is 0.435. The molecule has 0 atom stereocenters. The van der Waals surface area contributed by atoms with Gasteiger partial charge in [-0.1, -0.05) is 18.2 Å². The maximum absolute atomic E-state index is 12.3. The summed E-state index contributed by atoms with van der Waals surface area (Å²) in [7, 11) is 4.94. The van der Waals surface area contributed by atoms with Gasteiger partial charge in [0.25, 0.3) is 0 Å². The van der Waals surface area contributed by atoms with Gasteiger partial charge in [0.2, 0.25) is 5.91 Å². The van der Waals surface area contributed by atoms with E-state index in [0.717, 1.165) is 55.5 Å². The van der Waals surface area contributed by atoms with Crippen LogP contribution in [-0.4, -0.2) is 69.8 Å². The van der Waals surface area contributed by atoms with Crippen molar-refractivity contribution in [3.05, 3.63) is 53.6 Å². The molecule has 2 aromatic rings. The first-order valence-corrected chi connectivity index (χ1v) is 10.2. The van der Waals surface area contributed by atoms with Crippen molar-refractivity contribution in [2.75, 3.05) is 54.1 Å². The minimum Gasteiger partial charge on any atom is -0.497 e. The lowest BCUT2D eigenvalue weighted by molar-refractivity contribution is -0.122. The number of benzene rings is 2. The van der Waals surface area contributed by atoms with Gasteiger partial charge in [-0.05, 0) is 35.4 Å². The highest BCUT2D eigenvalue weighted by Crippen LogP contribution is 2.28. The van der Waals surface area contributed by atoms with Crippen molar-refractivity contribution in [3.8, 4) is 17.2 Å². The largest absolute Gasteiger partial charge is 0.497 e. The lowest BCUT2D eigenvalue weighted by Gasteiger charge is -2.34. The van der Waals surface area contributed by atoms with E-state index in [1.165, 1.54) is 5.56 Å². The molecule has 7 nitrogen and oxygen atoms in total. The minimum atomic E-state index is 0.0474. The number of piperazine rings is 1. The first-order chi connectivity index (χ1) is 14.6. The van der Waals surface area contributed by atoms with E-state index in [1.807, 2.05) is 36.4 Å². The fourth-order valence-corrected chi connectivity index (χ4v) is 3.58. The lowest BCUT2D eigenvalue weighted by atomic mass is 10.1. The highest BCUT2D eigenvalue weighted by molar-refractivity contribution is 5.78. The zero-order chi connectivity index (χ0) is 21.3. The topological polar surface area (TPSA) is 63.3 Å². The molecule has 30 heavy (non-hydrogen) atoms. The van der Waals surface area contributed by atoms with E-state index in [9.17, 15) is 4.79 Å². The van der Waals surface area contributed by atoms with Crippen molar-refractivity contribution < 1.29 is 19.0 Å². The van der Waals surface area contributed by atoms with Gasteiger partial charge in [-0.15, -0.1) is 0 Å². The smallest absolute Gasteiger partial charge is 0.234 e. The Labute approximate surface area is 178 Å². The van der Waals surface area contributed by atoms with Crippen molar-refractivity contribution >= 4 is 5.91 Å². The van der Waals surface area contributed by atoms with Crippen molar-refractivity contribution in [1.29, 1.82) is 0 Å². The van der Waals surface area contributed by atoms with Crippen molar-refractivity contribution in [2.24, 2.45) is 0 Å². The molecule has 0 radical (unpaired) electrons. The molecular formula is C23H31N3O4. The summed E-state index contributed by atoms with van der Waals surface area (Å²) in [6.07, 6.45) is 0. The summed E-state index contributed by atoms with van der Waals surface area (Å²) in [5.74, 6) is 2.34. The van der Waals surface area contributed by atoms with Crippen LogP contribution in [0.1, 0.15) is 11.1 Å². The SMILES string of the molecule is COc1cccc(CNC(=O)CN2CCN(Cc3ccc(OC)c(OC)c3)CC2)c1. The highest BCUT2D eigenvalue weighted by Gasteiger charge is 2.19. The Morgan fingerprint density at radius 3 is 2.30 bits per heavy atom. The number of ether oxygens (including phenoxy) is 3. The summed E-state index contributed by atoms with van der Waals surface area (Å²) in [5, 5.41) is 3.00. The Kier molecular flexibility index (Phi) is 7.93. The number of hydrogen-bond acceptors (Lipinski definition) is 6. The number of nitrogens with one attached hydrogen (secondary N) is 1. The molecule has 162 valence electrons. The maximum atomic E-state index is 12.3. The number of methoxy groups -OCH3 is 3. The quantitative estimate of drug-likeness (QED) is 0.680. The van der Waals surface area contributed by atoms with Crippen LogP contribution in [0.2, 0.25) is 0 Å². The molecule has 0 spiro atoms. The zero-order valence-electron chi connectivity index (χ0n) is 18.0.